The summed E-state index contributed by atoms with van der Waals surface area (Å²) < 4.78 is 10.9. The molecule has 1 fully saturated rings. The second-order valence-corrected chi connectivity index (χ2v) is 5.63. The van der Waals surface area contributed by atoms with Crippen LogP contribution in [0.4, 0.5) is 0 Å². The molecule has 1 aromatic heterocycles. The Hall–Kier alpha value is -1.37. The number of nitrogens with one attached hydrogen (secondary N) is 1. The molecule has 0 radical (unpaired) electrons. The summed E-state index contributed by atoms with van der Waals surface area (Å²) >= 11 is 0. The van der Waals surface area contributed by atoms with Crippen molar-refractivity contribution in [1.29, 1.82) is 0 Å². The molecule has 1 aromatic rings. The maximum Gasteiger partial charge on any atom is 0.254 e. The molecule has 1 amide bonds. The molecular weight excluding hydrogens is 270 g/mol. The van der Waals surface area contributed by atoms with Gasteiger partial charge in [0.1, 0.15) is 12.0 Å². The predicted molar refractivity (Wildman–Crippen MR) is 80.0 cm³/mol. The molecule has 2 rings (SSSR count). The molecule has 1 aliphatic heterocycles. The first-order chi connectivity index (χ1) is 10.1. The maximum absolute atomic E-state index is 11.9. The molecule has 1 aliphatic rings. The van der Waals surface area contributed by atoms with Crippen molar-refractivity contribution in [2.75, 3.05) is 26.2 Å². The van der Waals surface area contributed by atoms with E-state index in [0.29, 0.717) is 24.4 Å². The summed E-state index contributed by atoms with van der Waals surface area (Å²) in [6.45, 7) is 8.04. The highest BCUT2D eigenvalue weighted by Gasteiger charge is 2.21. The smallest absolute Gasteiger partial charge is 0.254 e. The molecule has 3 N–H and O–H groups in total. The van der Waals surface area contributed by atoms with E-state index in [1.54, 1.807) is 6.07 Å². The summed E-state index contributed by atoms with van der Waals surface area (Å²) in [7, 11) is 0. The number of carbonyl (C=O) groups excluding carboxylic acids is 1. The van der Waals surface area contributed by atoms with E-state index in [-0.39, 0.29) is 18.1 Å². The third-order valence-electron chi connectivity index (χ3n) is 3.55. The zero-order chi connectivity index (χ0) is 15.2. The quantitative estimate of drug-likeness (QED) is 0.764. The number of hydrogen-bond donors (Lipinski definition) is 2. The van der Waals surface area contributed by atoms with Gasteiger partial charge in [-0.25, -0.2) is 0 Å². The summed E-state index contributed by atoms with van der Waals surface area (Å²) in [5.41, 5.74) is 5.98. The van der Waals surface area contributed by atoms with Gasteiger partial charge in [0.2, 0.25) is 0 Å². The normalized spacial score (nSPS) is 23.2. The Morgan fingerprint density at radius 3 is 2.76 bits per heavy atom. The number of rotatable bonds is 6. The molecule has 118 valence electrons. The molecule has 0 aromatic carbocycles. The second-order valence-electron chi connectivity index (χ2n) is 5.63. The van der Waals surface area contributed by atoms with Crippen LogP contribution in [0, 0.1) is 0 Å². The minimum atomic E-state index is -0.109. The summed E-state index contributed by atoms with van der Waals surface area (Å²) in [5.74, 6) is 0.513. The Kier molecular flexibility index (Phi) is 5.78. The molecule has 2 unspecified atom stereocenters. The number of nitrogens with zero attached hydrogens (tertiary/aromatic N) is 1. The molecule has 0 aliphatic carbocycles. The van der Waals surface area contributed by atoms with Crippen molar-refractivity contribution < 1.29 is 13.9 Å². The summed E-state index contributed by atoms with van der Waals surface area (Å²) in [4.78, 5) is 14.3. The van der Waals surface area contributed by atoms with Gasteiger partial charge in [0.15, 0.2) is 0 Å². The van der Waals surface area contributed by atoms with Crippen LogP contribution in [0.3, 0.4) is 0 Å². The van der Waals surface area contributed by atoms with Crippen molar-refractivity contribution in [2.45, 2.75) is 39.0 Å². The summed E-state index contributed by atoms with van der Waals surface area (Å²) in [6.07, 6.45) is 2.93. The zero-order valence-corrected chi connectivity index (χ0v) is 12.8. The van der Waals surface area contributed by atoms with Crippen molar-refractivity contribution in [1.82, 2.24) is 10.2 Å². The van der Waals surface area contributed by atoms with E-state index in [4.69, 9.17) is 14.9 Å². The van der Waals surface area contributed by atoms with E-state index in [1.807, 2.05) is 0 Å². The number of ether oxygens (including phenoxy) is 1. The van der Waals surface area contributed by atoms with Gasteiger partial charge < -0.3 is 20.2 Å². The molecular formula is C15H25N3O3. The molecule has 6 nitrogen and oxygen atoms in total. The lowest BCUT2D eigenvalue weighted by molar-refractivity contribution is -0.0679. The first-order valence-electron chi connectivity index (χ1n) is 7.52. The van der Waals surface area contributed by atoms with E-state index < -0.39 is 0 Å². The second kappa shape index (κ2) is 7.59. The standard InChI is InChI=1S/C15H25N3O3/c1-11-8-18(9-12(2)21-11)5-3-4-17-15(19)13-6-14(7-16)20-10-13/h6,10-12H,3-5,7-9,16H2,1-2H3,(H,17,19). The Morgan fingerprint density at radius 1 is 1.43 bits per heavy atom. The topological polar surface area (TPSA) is 80.7 Å². The Labute approximate surface area is 125 Å². The van der Waals surface area contributed by atoms with Gasteiger partial charge in [-0.3, -0.25) is 9.69 Å². The molecule has 0 bridgehead atoms. The average Bonchev–Trinajstić information content (AvgIpc) is 2.91. The Bertz CT molecular complexity index is 451. The van der Waals surface area contributed by atoms with Crippen molar-refractivity contribution in [3.8, 4) is 0 Å². The predicted octanol–water partition coefficient (Wildman–Crippen LogP) is 0.967. The van der Waals surface area contributed by atoms with Crippen LogP contribution in [-0.2, 0) is 11.3 Å². The van der Waals surface area contributed by atoms with Crippen LogP contribution in [-0.4, -0.2) is 49.2 Å². The molecule has 6 heteroatoms. The number of carbonyl (C=O) groups is 1. The molecule has 0 spiro atoms. The molecule has 1 saturated heterocycles. The Morgan fingerprint density at radius 2 is 2.14 bits per heavy atom. The van der Waals surface area contributed by atoms with Crippen LogP contribution in [0.5, 0.6) is 0 Å². The summed E-state index contributed by atoms with van der Waals surface area (Å²) in [5, 5.41) is 2.90. The molecule has 2 atom stereocenters. The van der Waals surface area contributed by atoms with E-state index in [9.17, 15) is 4.79 Å². The van der Waals surface area contributed by atoms with Gasteiger partial charge in [-0.1, -0.05) is 0 Å². The monoisotopic (exact) mass is 295 g/mol. The number of hydrogen-bond acceptors (Lipinski definition) is 5. The highest BCUT2D eigenvalue weighted by atomic mass is 16.5. The number of amides is 1. The van der Waals surface area contributed by atoms with Crippen molar-refractivity contribution in [3.05, 3.63) is 23.7 Å². The van der Waals surface area contributed by atoms with Gasteiger partial charge in [0.05, 0.1) is 24.3 Å². The van der Waals surface area contributed by atoms with E-state index in [1.165, 1.54) is 6.26 Å². The molecule has 2 heterocycles. The van der Waals surface area contributed by atoms with Gasteiger partial charge in [-0.15, -0.1) is 0 Å². The van der Waals surface area contributed by atoms with Crippen LogP contribution in [0.2, 0.25) is 0 Å². The van der Waals surface area contributed by atoms with E-state index in [0.717, 1.165) is 26.1 Å². The number of morpholine rings is 1. The van der Waals surface area contributed by atoms with Crippen LogP contribution in [0.25, 0.3) is 0 Å². The third kappa shape index (κ3) is 4.84. The summed E-state index contributed by atoms with van der Waals surface area (Å²) in [6, 6.07) is 1.68. The average molecular weight is 295 g/mol. The van der Waals surface area contributed by atoms with E-state index >= 15 is 0 Å². The molecule has 0 saturated carbocycles. The maximum atomic E-state index is 11.9. The van der Waals surface area contributed by atoms with Crippen LogP contribution in [0.15, 0.2) is 16.7 Å². The SMILES string of the molecule is CC1CN(CCCNC(=O)c2coc(CN)c2)CC(C)O1. The lowest BCUT2D eigenvalue weighted by atomic mass is 10.2. The van der Waals surface area contributed by atoms with Crippen LogP contribution >= 0.6 is 0 Å². The highest BCUT2D eigenvalue weighted by molar-refractivity contribution is 5.93. The van der Waals surface area contributed by atoms with Gasteiger partial charge in [-0.2, -0.15) is 0 Å². The number of furan rings is 1. The fourth-order valence-electron chi connectivity index (χ4n) is 2.68. The zero-order valence-electron chi connectivity index (χ0n) is 12.8. The van der Waals surface area contributed by atoms with Crippen LogP contribution < -0.4 is 11.1 Å². The molecule has 21 heavy (non-hydrogen) atoms. The lowest BCUT2D eigenvalue weighted by Gasteiger charge is -2.35. The first kappa shape index (κ1) is 16.0. The van der Waals surface area contributed by atoms with Crippen molar-refractivity contribution in [2.24, 2.45) is 5.73 Å². The van der Waals surface area contributed by atoms with Crippen molar-refractivity contribution in [3.63, 3.8) is 0 Å². The van der Waals surface area contributed by atoms with Gasteiger partial charge in [0.25, 0.3) is 5.91 Å². The van der Waals surface area contributed by atoms with Gasteiger partial charge in [0, 0.05) is 26.2 Å². The minimum absolute atomic E-state index is 0.109. The third-order valence-corrected chi connectivity index (χ3v) is 3.55. The van der Waals surface area contributed by atoms with E-state index in [2.05, 4.69) is 24.1 Å². The highest BCUT2D eigenvalue weighted by Crippen LogP contribution is 2.10. The first-order valence-corrected chi connectivity index (χ1v) is 7.52. The fourth-order valence-corrected chi connectivity index (χ4v) is 2.68. The minimum Gasteiger partial charge on any atom is -0.467 e. The Balaban J connectivity index is 1.66. The lowest BCUT2D eigenvalue weighted by Crippen LogP contribution is -2.46. The largest absolute Gasteiger partial charge is 0.467 e. The van der Waals surface area contributed by atoms with Gasteiger partial charge >= 0.3 is 0 Å². The number of nitrogens with two attached hydrogens (primary N) is 1. The van der Waals surface area contributed by atoms with Gasteiger partial charge in [-0.05, 0) is 26.3 Å². The van der Waals surface area contributed by atoms with Crippen LogP contribution in [0.1, 0.15) is 36.4 Å². The van der Waals surface area contributed by atoms with Crippen molar-refractivity contribution >= 4 is 5.91 Å². The fraction of sp³-hybridized carbons (Fsp3) is 0.667.